The van der Waals surface area contributed by atoms with Crippen LogP contribution in [0.4, 0.5) is 0 Å². The maximum Gasteiger partial charge on any atom is 0.271 e. The van der Waals surface area contributed by atoms with Crippen LogP contribution >= 0.6 is 0 Å². The fourth-order valence-electron chi connectivity index (χ4n) is 1.94. The van der Waals surface area contributed by atoms with Gasteiger partial charge >= 0.3 is 0 Å². The minimum atomic E-state index is -3.58. The van der Waals surface area contributed by atoms with E-state index in [1.807, 2.05) is 43.3 Å². The molecule has 0 aliphatic carbocycles. The molecule has 2 aromatic rings. The molecular weight excluding hydrogens is 300 g/mol. The lowest BCUT2D eigenvalue weighted by molar-refractivity contribution is 0.300. The van der Waals surface area contributed by atoms with Crippen molar-refractivity contribution < 1.29 is 17.3 Å². The quantitative estimate of drug-likeness (QED) is 0.698. The highest BCUT2D eigenvalue weighted by atomic mass is 32.2. The van der Waals surface area contributed by atoms with Gasteiger partial charge in [-0.3, -0.25) is 4.18 Å². The minimum absolute atomic E-state index is 0.183. The molecule has 0 atom stereocenters. The number of para-hydroxylation sites is 1. The summed E-state index contributed by atoms with van der Waals surface area (Å²) in [7, 11) is -3.58. The fraction of sp³-hybridized carbons (Fsp3) is 0.294. The van der Waals surface area contributed by atoms with Crippen LogP contribution in [0.15, 0.2) is 54.6 Å². The van der Waals surface area contributed by atoms with Gasteiger partial charge in [0.25, 0.3) is 10.1 Å². The lowest BCUT2D eigenvalue weighted by atomic mass is 10.2. The Labute approximate surface area is 131 Å². The minimum Gasteiger partial charge on any atom is -0.489 e. The number of ether oxygens (including phenoxy) is 1. The zero-order valence-corrected chi connectivity index (χ0v) is 13.4. The molecule has 0 spiro atoms. The molecule has 4 nitrogen and oxygen atoms in total. The first kappa shape index (κ1) is 16.5. The van der Waals surface area contributed by atoms with Gasteiger partial charge in [-0.05, 0) is 18.1 Å². The third kappa shape index (κ3) is 5.16. The van der Waals surface area contributed by atoms with Gasteiger partial charge in [0.2, 0.25) is 0 Å². The second kappa shape index (κ2) is 7.96. The van der Waals surface area contributed by atoms with Gasteiger partial charge in [0, 0.05) is 5.56 Å². The van der Waals surface area contributed by atoms with E-state index < -0.39 is 10.1 Å². The van der Waals surface area contributed by atoms with Crippen molar-refractivity contribution in [2.75, 3.05) is 6.61 Å². The highest BCUT2D eigenvalue weighted by Crippen LogP contribution is 2.22. The molecule has 2 rings (SSSR count). The summed E-state index contributed by atoms with van der Waals surface area (Å²) in [5, 5.41) is 0. The Balaban J connectivity index is 2.07. The van der Waals surface area contributed by atoms with E-state index in [0.29, 0.717) is 24.3 Å². The van der Waals surface area contributed by atoms with Crippen LogP contribution in [-0.4, -0.2) is 15.0 Å². The second-order valence-corrected chi connectivity index (χ2v) is 6.55. The van der Waals surface area contributed by atoms with Crippen molar-refractivity contribution in [2.45, 2.75) is 25.7 Å². The van der Waals surface area contributed by atoms with Crippen LogP contribution in [0.25, 0.3) is 0 Å². The largest absolute Gasteiger partial charge is 0.489 e. The first-order valence-corrected chi connectivity index (χ1v) is 8.80. The Morgan fingerprint density at radius 1 is 0.955 bits per heavy atom. The number of rotatable bonds is 8. The molecule has 118 valence electrons. The SMILES string of the molecule is CCCOS(=O)(=O)Cc1ccccc1OCc1ccccc1. The summed E-state index contributed by atoms with van der Waals surface area (Å²) < 4.78 is 34.5. The summed E-state index contributed by atoms with van der Waals surface area (Å²) >= 11 is 0. The van der Waals surface area contributed by atoms with Crippen molar-refractivity contribution >= 4 is 10.1 Å². The zero-order valence-electron chi connectivity index (χ0n) is 12.6. The Morgan fingerprint density at radius 2 is 1.64 bits per heavy atom. The van der Waals surface area contributed by atoms with Crippen LogP contribution in [0.5, 0.6) is 5.75 Å². The predicted octanol–water partition coefficient (Wildman–Crippen LogP) is 3.52. The Morgan fingerprint density at radius 3 is 2.36 bits per heavy atom. The molecule has 2 aromatic carbocycles. The van der Waals surface area contributed by atoms with Gasteiger partial charge in [0.1, 0.15) is 18.1 Å². The molecule has 0 heterocycles. The molecule has 0 aliphatic rings. The molecule has 0 saturated heterocycles. The van der Waals surface area contributed by atoms with Crippen molar-refractivity contribution in [1.82, 2.24) is 0 Å². The summed E-state index contributed by atoms with van der Waals surface area (Å²) in [5.74, 6) is 0.382. The Bertz CT molecular complexity index is 681. The molecule has 0 radical (unpaired) electrons. The Hall–Kier alpha value is -1.85. The second-order valence-electron chi connectivity index (χ2n) is 4.91. The summed E-state index contributed by atoms with van der Waals surface area (Å²) in [5.41, 5.74) is 1.64. The Kier molecular flexibility index (Phi) is 5.98. The van der Waals surface area contributed by atoms with Crippen molar-refractivity contribution in [1.29, 1.82) is 0 Å². The lowest BCUT2D eigenvalue weighted by Crippen LogP contribution is -2.10. The molecule has 0 N–H and O–H groups in total. The monoisotopic (exact) mass is 320 g/mol. The van der Waals surface area contributed by atoms with Crippen LogP contribution in [0.2, 0.25) is 0 Å². The van der Waals surface area contributed by atoms with Crippen LogP contribution < -0.4 is 4.74 Å². The summed E-state index contributed by atoms with van der Waals surface area (Å²) in [4.78, 5) is 0. The van der Waals surface area contributed by atoms with E-state index in [1.54, 1.807) is 18.2 Å². The normalized spacial score (nSPS) is 11.3. The first-order chi connectivity index (χ1) is 10.6. The third-order valence-corrected chi connectivity index (χ3v) is 4.20. The van der Waals surface area contributed by atoms with E-state index >= 15 is 0 Å². The fourth-order valence-corrected chi connectivity index (χ4v) is 3.06. The highest BCUT2D eigenvalue weighted by Gasteiger charge is 2.15. The van der Waals surface area contributed by atoms with Crippen molar-refractivity contribution in [3.05, 3.63) is 65.7 Å². The van der Waals surface area contributed by atoms with Crippen molar-refractivity contribution in [3.8, 4) is 5.75 Å². The average Bonchev–Trinajstić information content (AvgIpc) is 2.53. The van der Waals surface area contributed by atoms with E-state index in [9.17, 15) is 8.42 Å². The maximum absolute atomic E-state index is 11.9. The molecule has 0 saturated carbocycles. The molecular formula is C17H20O4S. The van der Waals surface area contributed by atoms with Gasteiger partial charge in [-0.25, -0.2) is 0 Å². The standard InChI is InChI=1S/C17H20O4S/c1-2-12-21-22(18,19)14-16-10-6-7-11-17(16)20-13-15-8-4-3-5-9-15/h3-11H,2,12-14H2,1H3. The van der Waals surface area contributed by atoms with Gasteiger partial charge in [0.05, 0.1) is 6.61 Å². The third-order valence-electron chi connectivity index (χ3n) is 3.01. The van der Waals surface area contributed by atoms with Gasteiger partial charge in [0.15, 0.2) is 0 Å². The van der Waals surface area contributed by atoms with E-state index in [0.717, 1.165) is 5.56 Å². The lowest BCUT2D eigenvalue weighted by Gasteiger charge is -2.12. The van der Waals surface area contributed by atoms with E-state index in [1.165, 1.54) is 0 Å². The van der Waals surface area contributed by atoms with Gasteiger partial charge in [-0.2, -0.15) is 8.42 Å². The number of hydrogen-bond acceptors (Lipinski definition) is 4. The molecule has 5 heteroatoms. The van der Waals surface area contributed by atoms with E-state index in [-0.39, 0.29) is 12.4 Å². The van der Waals surface area contributed by atoms with Crippen molar-refractivity contribution in [3.63, 3.8) is 0 Å². The first-order valence-electron chi connectivity index (χ1n) is 7.22. The molecule has 0 fully saturated rings. The van der Waals surface area contributed by atoms with Gasteiger partial charge in [-0.1, -0.05) is 55.5 Å². The maximum atomic E-state index is 11.9. The summed E-state index contributed by atoms with van der Waals surface area (Å²) in [6.45, 7) is 2.47. The average molecular weight is 320 g/mol. The van der Waals surface area contributed by atoms with Crippen LogP contribution in [0.3, 0.4) is 0 Å². The summed E-state index contributed by atoms with van der Waals surface area (Å²) in [6.07, 6.45) is 0.658. The zero-order chi connectivity index (χ0) is 15.8. The number of hydrogen-bond donors (Lipinski definition) is 0. The van der Waals surface area contributed by atoms with Gasteiger partial charge in [-0.15, -0.1) is 0 Å². The molecule has 0 amide bonds. The molecule has 0 bridgehead atoms. The van der Waals surface area contributed by atoms with Crippen LogP contribution in [0.1, 0.15) is 24.5 Å². The highest BCUT2D eigenvalue weighted by molar-refractivity contribution is 7.85. The van der Waals surface area contributed by atoms with Crippen molar-refractivity contribution in [2.24, 2.45) is 0 Å². The summed E-state index contributed by atoms with van der Waals surface area (Å²) in [6, 6.07) is 16.9. The predicted molar refractivity (Wildman–Crippen MR) is 86.1 cm³/mol. The van der Waals surface area contributed by atoms with E-state index in [4.69, 9.17) is 8.92 Å². The molecule has 22 heavy (non-hydrogen) atoms. The molecule has 0 aromatic heterocycles. The smallest absolute Gasteiger partial charge is 0.271 e. The van der Waals surface area contributed by atoms with Crippen LogP contribution in [0, 0.1) is 0 Å². The topological polar surface area (TPSA) is 52.6 Å². The van der Waals surface area contributed by atoms with E-state index in [2.05, 4.69) is 0 Å². The molecule has 0 unspecified atom stereocenters. The van der Waals surface area contributed by atoms with Crippen LogP contribution in [-0.2, 0) is 26.7 Å². The van der Waals surface area contributed by atoms with Gasteiger partial charge < -0.3 is 4.74 Å². The molecule has 0 aliphatic heterocycles. The number of benzene rings is 2.